The summed E-state index contributed by atoms with van der Waals surface area (Å²) < 4.78 is 31.7. The molecule has 4 N–H and O–H groups in total. The number of rotatable bonds is 0. The van der Waals surface area contributed by atoms with Gasteiger partial charge in [0.05, 0.1) is 6.20 Å². The van der Waals surface area contributed by atoms with E-state index in [2.05, 4.69) is 20.2 Å². The lowest BCUT2D eigenvalue weighted by molar-refractivity contribution is -0.192. The maximum absolute atomic E-state index is 10.6. The highest BCUT2D eigenvalue weighted by Gasteiger charge is 2.38. The van der Waals surface area contributed by atoms with E-state index in [1.807, 2.05) is 0 Å². The number of nitrogens with zero attached hydrogens (tertiary/aromatic N) is 3. The summed E-state index contributed by atoms with van der Waals surface area (Å²) in [6, 6.07) is 0. The lowest BCUT2D eigenvalue weighted by Gasteiger charge is -1.93. The van der Waals surface area contributed by atoms with E-state index in [0.717, 1.165) is 5.52 Å². The Labute approximate surface area is 91.5 Å². The van der Waals surface area contributed by atoms with Gasteiger partial charge in [0, 0.05) is 0 Å². The summed E-state index contributed by atoms with van der Waals surface area (Å²) in [6.07, 6.45) is -2.07. The van der Waals surface area contributed by atoms with Crippen LogP contribution in [0, 0.1) is 0 Å². The molecule has 0 atom stereocenters. The predicted octanol–water partition coefficient (Wildman–Crippen LogP) is 0.568. The number of H-pyrrole nitrogens is 1. The molecule has 0 spiro atoms. The number of nitrogen functional groups attached to an aromatic ring is 1. The number of hydrogen-bond acceptors (Lipinski definition) is 5. The zero-order valence-corrected chi connectivity index (χ0v) is 8.06. The summed E-state index contributed by atoms with van der Waals surface area (Å²) >= 11 is 0. The third-order valence-corrected chi connectivity index (χ3v) is 1.51. The molecule has 2 rings (SSSR count). The first-order valence-corrected chi connectivity index (χ1v) is 4.02. The average Bonchev–Trinajstić information content (AvgIpc) is 2.66. The fourth-order valence-corrected chi connectivity index (χ4v) is 0.784. The lowest BCUT2D eigenvalue weighted by atomic mass is 10.4. The van der Waals surface area contributed by atoms with Crippen LogP contribution in [-0.2, 0) is 4.79 Å². The van der Waals surface area contributed by atoms with E-state index in [1.165, 1.54) is 6.33 Å². The molecule has 0 aliphatic rings. The van der Waals surface area contributed by atoms with Crippen LogP contribution in [0.3, 0.4) is 0 Å². The van der Waals surface area contributed by atoms with Gasteiger partial charge in [-0.2, -0.15) is 18.3 Å². The summed E-state index contributed by atoms with van der Waals surface area (Å²) in [7, 11) is 0. The maximum Gasteiger partial charge on any atom is 0.490 e. The number of nitrogens with two attached hydrogens (primary N) is 1. The van der Waals surface area contributed by atoms with Crippen molar-refractivity contribution in [3.63, 3.8) is 0 Å². The van der Waals surface area contributed by atoms with Gasteiger partial charge in [-0.15, -0.1) is 0 Å². The second-order valence-corrected chi connectivity index (χ2v) is 2.69. The molecule has 0 aliphatic carbocycles. The first-order valence-electron chi connectivity index (χ1n) is 4.02. The summed E-state index contributed by atoms with van der Waals surface area (Å²) in [5, 5.41) is 13.6. The van der Waals surface area contributed by atoms with Gasteiger partial charge in [0.2, 0.25) is 0 Å². The zero-order chi connectivity index (χ0) is 13.1. The molecule has 2 heterocycles. The summed E-state index contributed by atoms with van der Waals surface area (Å²) in [6.45, 7) is 0. The smallest absolute Gasteiger partial charge is 0.475 e. The number of alkyl halides is 3. The lowest BCUT2D eigenvalue weighted by Crippen LogP contribution is -2.21. The largest absolute Gasteiger partial charge is 0.490 e. The Balaban J connectivity index is 0.000000185. The molecule has 2 aromatic heterocycles. The third kappa shape index (κ3) is 3.29. The van der Waals surface area contributed by atoms with Crippen LogP contribution in [0.25, 0.3) is 11.0 Å². The van der Waals surface area contributed by atoms with Gasteiger partial charge in [0.1, 0.15) is 17.4 Å². The number of carbonyl (C=O) groups is 1. The Morgan fingerprint density at radius 1 is 1.41 bits per heavy atom. The number of aromatic nitrogens is 4. The topological polar surface area (TPSA) is 118 Å². The molecule has 92 valence electrons. The van der Waals surface area contributed by atoms with Crippen LogP contribution in [-0.4, -0.2) is 37.4 Å². The number of hydrogen-bond donors (Lipinski definition) is 3. The minimum absolute atomic E-state index is 0.433. The molecule has 0 saturated heterocycles. The summed E-state index contributed by atoms with van der Waals surface area (Å²) in [5.41, 5.74) is 6.92. The Bertz CT molecular complexity index is 523. The SMILES string of the molecule is Nc1ncnc2cn[nH]c12.O=C(O)C(F)(F)F. The molecule has 2 aromatic rings. The quantitative estimate of drug-likeness (QED) is 0.628. The Hall–Kier alpha value is -2.39. The maximum atomic E-state index is 10.6. The van der Waals surface area contributed by atoms with Crippen molar-refractivity contribution < 1.29 is 23.1 Å². The zero-order valence-electron chi connectivity index (χ0n) is 8.06. The fourth-order valence-electron chi connectivity index (χ4n) is 0.784. The van der Waals surface area contributed by atoms with Crippen LogP contribution in [0.4, 0.5) is 19.0 Å². The van der Waals surface area contributed by atoms with Gasteiger partial charge in [0.15, 0.2) is 5.82 Å². The Kier molecular flexibility index (Phi) is 3.46. The Morgan fingerprint density at radius 3 is 2.47 bits per heavy atom. The van der Waals surface area contributed by atoms with Crippen molar-refractivity contribution >= 4 is 22.8 Å². The van der Waals surface area contributed by atoms with E-state index in [-0.39, 0.29) is 0 Å². The highest BCUT2D eigenvalue weighted by atomic mass is 19.4. The van der Waals surface area contributed by atoms with Gasteiger partial charge >= 0.3 is 12.1 Å². The molecule has 0 radical (unpaired) electrons. The molecule has 0 saturated carbocycles. The van der Waals surface area contributed by atoms with Crippen molar-refractivity contribution in [2.75, 3.05) is 5.73 Å². The molecule has 0 bridgehead atoms. The molecule has 17 heavy (non-hydrogen) atoms. The molecule has 0 amide bonds. The fraction of sp³-hybridized carbons (Fsp3) is 0.143. The van der Waals surface area contributed by atoms with Gasteiger partial charge in [-0.05, 0) is 0 Å². The van der Waals surface area contributed by atoms with Crippen molar-refractivity contribution in [2.24, 2.45) is 0 Å². The third-order valence-electron chi connectivity index (χ3n) is 1.51. The minimum Gasteiger partial charge on any atom is -0.475 e. The first kappa shape index (κ1) is 12.7. The van der Waals surface area contributed by atoms with Gasteiger partial charge in [-0.3, -0.25) is 5.10 Å². The monoisotopic (exact) mass is 249 g/mol. The van der Waals surface area contributed by atoms with E-state index in [1.54, 1.807) is 6.20 Å². The number of anilines is 1. The minimum atomic E-state index is -5.08. The summed E-state index contributed by atoms with van der Waals surface area (Å²) in [4.78, 5) is 16.6. The molecule has 10 heteroatoms. The number of fused-ring (bicyclic) bond motifs is 1. The molecule has 0 unspecified atom stereocenters. The predicted molar refractivity (Wildman–Crippen MR) is 49.8 cm³/mol. The van der Waals surface area contributed by atoms with E-state index >= 15 is 0 Å². The normalized spacial score (nSPS) is 10.8. The highest BCUT2D eigenvalue weighted by Crippen LogP contribution is 2.13. The Morgan fingerprint density at radius 2 is 2.00 bits per heavy atom. The van der Waals surface area contributed by atoms with Crippen molar-refractivity contribution in [3.05, 3.63) is 12.5 Å². The number of aromatic amines is 1. The van der Waals surface area contributed by atoms with Crippen LogP contribution in [0.2, 0.25) is 0 Å². The number of carboxylic acids is 1. The standard InChI is InChI=1S/C5H5N5.C2HF3O2/c6-5-4-3(1-9-10-4)7-2-8-5;3-2(4,5)1(6)7/h1-2H,(H,9,10)(H2,6,7,8);(H,6,7). The van der Waals surface area contributed by atoms with E-state index in [9.17, 15) is 13.2 Å². The van der Waals surface area contributed by atoms with E-state index in [0.29, 0.717) is 11.3 Å². The van der Waals surface area contributed by atoms with Crippen LogP contribution >= 0.6 is 0 Å². The van der Waals surface area contributed by atoms with Crippen LogP contribution in [0.15, 0.2) is 12.5 Å². The van der Waals surface area contributed by atoms with E-state index < -0.39 is 12.1 Å². The number of carboxylic acid groups (broad SMARTS) is 1. The first-order chi connectivity index (χ1) is 7.82. The van der Waals surface area contributed by atoms with Crippen molar-refractivity contribution in [3.8, 4) is 0 Å². The molecule has 0 aromatic carbocycles. The molecular weight excluding hydrogens is 243 g/mol. The van der Waals surface area contributed by atoms with Crippen molar-refractivity contribution in [2.45, 2.75) is 6.18 Å². The van der Waals surface area contributed by atoms with Gasteiger partial charge in [-0.25, -0.2) is 14.8 Å². The van der Waals surface area contributed by atoms with Crippen LogP contribution < -0.4 is 5.73 Å². The highest BCUT2D eigenvalue weighted by molar-refractivity contribution is 5.82. The second-order valence-electron chi connectivity index (χ2n) is 2.69. The number of halogens is 3. The number of nitrogens with one attached hydrogen (secondary N) is 1. The van der Waals surface area contributed by atoms with Crippen molar-refractivity contribution in [1.82, 2.24) is 20.2 Å². The molecular formula is C7H6F3N5O2. The van der Waals surface area contributed by atoms with Gasteiger partial charge in [-0.1, -0.05) is 0 Å². The number of aliphatic carboxylic acids is 1. The second kappa shape index (κ2) is 4.63. The summed E-state index contributed by atoms with van der Waals surface area (Å²) in [5.74, 6) is -2.32. The average molecular weight is 249 g/mol. The molecule has 0 aliphatic heterocycles. The van der Waals surface area contributed by atoms with Crippen LogP contribution in [0.1, 0.15) is 0 Å². The van der Waals surface area contributed by atoms with Crippen molar-refractivity contribution in [1.29, 1.82) is 0 Å². The van der Waals surface area contributed by atoms with E-state index in [4.69, 9.17) is 15.6 Å². The molecule has 7 nitrogen and oxygen atoms in total. The van der Waals surface area contributed by atoms with Gasteiger partial charge in [0.25, 0.3) is 0 Å². The van der Waals surface area contributed by atoms with Crippen LogP contribution in [0.5, 0.6) is 0 Å². The molecule has 0 fully saturated rings. The van der Waals surface area contributed by atoms with Gasteiger partial charge < -0.3 is 10.8 Å².